The largest absolute Gasteiger partial charge is 0.509 e. The summed E-state index contributed by atoms with van der Waals surface area (Å²) < 4.78 is 44.4. The number of rotatable bonds is 3. The van der Waals surface area contributed by atoms with Crippen molar-refractivity contribution in [2.24, 2.45) is 0 Å². The van der Waals surface area contributed by atoms with Crippen LogP contribution in [-0.2, 0) is 14.2 Å². The Kier molecular flexibility index (Phi) is 5.00. The number of nitrogens with two attached hydrogens (primary N) is 1. The van der Waals surface area contributed by atoms with Crippen LogP contribution in [0.3, 0.4) is 0 Å². The van der Waals surface area contributed by atoms with Crippen molar-refractivity contribution in [2.75, 3.05) is 12.3 Å². The second kappa shape index (κ2) is 6.56. The van der Waals surface area contributed by atoms with E-state index in [9.17, 15) is 23.5 Å². The lowest BCUT2D eigenvalue weighted by Crippen LogP contribution is -2.45. The highest BCUT2D eigenvalue weighted by molar-refractivity contribution is 5.61. The van der Waals surface area contributed by atoms with E-state index in [-0.39, 0.29) is 5.82 Å². The first-order valence-corrected chi connectivity index (χ1v) is 7.34. The van der Waals surface area contributed by atoms with Gasteiger partial charge in [-0.15, -0.1) is 0 Å². The number of anilines is 1. The number of carbonyl (C=O) groups excluding carboxylic acids is 1. The van der Waals surface area contributed by atoms with E-state index in [2.05, 4.69) is 9.72 Å². The number of aromatic nitrogens is 2. The monoisotopic (exact) mass is 363 g/mol. The van der Waals surface area contributed by atoms with Gasteiger partial charge in [0.25, 0.3) is 0 Å². The minimum atomic E-state index is -3.83. The third kappa shape index (κ3) is 4.04. The Bertz CT molecular complexity index is 703. The molecule has 0 radical (unpaired) electrons. The predicted molar refractivity (Wildman–Crippen MR) is 80.0 cm³/mol. The van der Waals surface area contributed by atoms with Crippen LogP contribution in [0, 0.1) is 0 Å². The van der Waals surface area contributed by atoms with Crippen LogP contribution in [-0.4, -0.2) is 51.2 Å². The first-order valence-electron chi connectivity index (χ1n) is 7.34. The van der Waals surface area contributed by atoms with Gasteiger partial charge in [0.05, 0.1) is 6.61 Å². The Morgan fingerprint density at radius 1 is 1.52 bits per heavy atom. The Balaban J connectivity index is 2.29. The van der Waals surface area contributed by atoms with E-state index >= 15 is 0 Å². The first kappa shape index (κ1) is 19.1. The van der Waals surface area contributed by atoms with Crippen LogP contribution in [0.15, 0.2) is 17.1 Å². The van der Waals surface area contributed by atoms with Gasteiger partial charge in [0, 0.05) is 6.20 Å². The molecule has 3 N–H and O–H groups in total. The lowest BCUT2D eigenvalue weighted by molar-refractivity contribution is -0.149. The van der Waals surface area contributed by atoms with Crippen molar-refractivity contribution in [1.29, 1.82) is 0 Å². The summed E-state index contributed by atoms with van der Waals surface area (Å²) in [5.41, 5.74) is 3.29. The molecule has 1 saturated heterocycles. The highest BCUT2D eigenvalue weighted by Gasteiger charge is 2.62. The Labute approximate surface area is 141 Å². The van der Waals surface area contributed by atoms with Gasteiger partial charge in [-0.2, -0.15) is 13.8 Å². The number of hydrogen-bond acceptors (Lipinski definition) is 8. The summed E-state index contributed by atoms with van der Waals surface area (Å²) >= 11 is 0. The van der Waals surface area contributed by atoms with Crippen LogP contribution >= 0.6 is 0 Å². The molecule has 11 heteroatoms. The molecule has 0 aliphatic carbocycles. The highest BCUT2D eigenvalue weighted by atomic mass is 19.3. The molecule has 2 unspecified atom stereocenters. The standard InChI is InChI=1S/C14H19F2N3O6/c1-13(2,3)25-12(22)24-9-7(6-20)23-10(14(9,15)16)19-5-4-8(17)18-11(19)21/h4-5,7,9-10,20H,6H2,1-3H3,(H2,17,18,21)/t7?,9?,10-/m1/s1. The van der Waals surface area contributed by atoms with Gasteiger partial charge >= 0.3 is 17.8 Å². The molecule has 0 amide bonds. The molecule has 2 heterocycles. The predicted octanol–water partition coefficient (Wildman–Crippen LogP) is 0.671. The number of nitrogen functional groups attached to an aromatic ring is 1. The number of halogens is 2. The van der Waals surface area contributed by atoms with E-state index in [0.717, 1.165) is 12.3 Å². The second-order valence-electron chi connectivity index (χ2n) is 6.43. The maximum Gasteiger partial charge on any atom is 0.509 e. The van der Waals surface area contributed by atoms with Crippen molar-refractivity contribution < 1.29 is 32.9 Å². The number of carbonyl (C=O) groups is 1. The number of alkyl halides is 2. The summed E-state index contributed by atoms with van der Waals surface area (Å²) in [7, 11) is 0. The number of aliphatic hydroxyl groups is 1. The third-order valence-electron chi connectivity index (χ3n) is 3.25. The van der Waals surface area contributed by atoms with Crippen molar-refractivity contribution in [3.63, 3.8) is 0 Å². The Hall–Kier alpha value is -2.27. The van der Waals surface area contributed by atoms with Crippen molar-refractivity contribution in [3.05, 3.63) is 22.7 Å². The van der Waals surface area contributed by atoms with Crippen LogP contribution in [0.1, 0.15) is 27.0 Å². The van der Waals surface area contributed by atoms with Gasteiger partial charge in [0.1, 0.15) is 17.5 Å². The van der Waals surface area contributed by atoms with E-state index < -0.39 is 48.4 Å². The number of hydrogen-bond donors (Lipinski definition) is 2. The maximum atomic E-state index is 14.7. The highest BCUT2D eigenvalue weighted by Crippen LogP contribution is 2.44. The molecule has 25 heavy (non-hydrogen) atoms. The molecule has 1 aromatic heterocycles. The van der Waals surface area contributed by atoms with Gasteiger partial charge in [-0.05, 0) is 26.8 Å². The van der Waals surface area contributed by atoms with Crippen LogP contribution in [0.5, 0.6) is 0 Å². The zero-order valence-electron chi connectivity index (χ0n) is 13.8. The SMILES string of the molecule is CC(C)(C)OC(=O)OC1C(CO)O[C@@H](n2ccc(N)nc2=O)C1(F)F. The molecule has 1 aliphatic rings. The van der Waals surface area contributed by atoms with E-state index in [1.54, 1.807) is 0 Å². The summed E-state index contributed by atoms with van der Waals surface area (Å²) in [6.07, 6.45) is -6.20. The molecule has 1 aliphatic heterocycles. The third-order valence-corrected chi connectivity index (χ3v) is 3.25. The van der Waals surface area contributed by atoms with E-state index in [0.29, 0.717) is 4.57 Å². The molecule has 0 bridgehead atoms. The van der Waals surface area contributed by atoms with Gasteiger partial charge in [-0.1, -0.05) is 0 Å². The molecule has 0 spiro atoms. The normalized spacial score (nSPS) is 25.6. The summed E-state index contributed by atoms with van der Waals surface area (Å²) in [5.74, 6) is -3.98. The molecular formula is C14H19F2N3O6. The fraction of sp³-hybridized carbons (Fsp3) is 0.643. The Morgan fingerprint density at radius 3 is 2.68 bits per heavy atom. The average molecular weight is 363 g/mol. The van der Waals surface area contributed by atoms with Gasteiger partial charge in [-0.3, -0.25) is 4.57 Å². The fourth-order valence-corrected chi connectivity index (χ4v) is 2.24. The molecule has 0 saturated carbocycles. The van der Waals surface area contributed by atoms with Gasteiger partial charge in [-0.25, -0.2) is 9.59 Å². The number of ether oxygens (including phenoxy) is 3. The molecule has 9 nitrogen and oxygen atoms in total. The van der Waals surface area contributed by atoms with Crippen molar-refractivity contribution in [2.45, 2.75) is 50.7 Å². The zero-order chi connectivity index (χ0) is 19.0. The zero-order valence-corrected chi connectivity index (χ0v) is 13.8. The molecule has 0 aromatic carbocycles. The van der Waals surface area contributed by atoms with E-state index in [1.165, 1.54) is 20.8 Å². The number of aliphatic hydroxyl groups excluding tert-OH is 1. The number of nitrogens with zero attached hydrogens (tertiary/aromatic N) is 2. The molecule has 3 atom stereocenters. The van der Waals surface area contributed by atoms with Gasteiger partial charge in [0.15, 0.2) is 0 Å². The summed E-state index contributed by atoms with van der Waals surface area (Å²) in [6.45, 7) is 3.73. The first-order chi connectivity index (χ1) is 11.5. The minimum Gasteiger partial charge on any atom is -0.429 e. The topological polar surface area (TPSA) is 126 Å². The molecule has 1 aromatic rings. The smallest absolute Gasteiger partial charge is 0.429 e. The van der Waals surface area contributed by atoms with Gasteiger partial charge < -0.3 is 25.1 Å². The lowest BCUT2D eigenvalue weighted by Gasteiger charge is -2.25. The molecule has 1 fully saturated rings. The average Bonchev–Trinajstić information content (AvgIpc) is 2.69. The van der Waals surface area contributed by atoms with Crippen molar-refractivity contribution in [1.82, 2.24) is 9.55 Å². The van der Waals surface area contributed by atoms with Crippen LogP contribution in [0.4, 0.5) is 19.4 Å². The summed E-state index contributed by atoms with van der Waals surface area (Å²) in [4.78, 5) is 26.8. The lowest BCUT2D eigenvalue weighted by atomic mass is 10.1. The second-order valence-corrected chi connectivity index (χ2v) is 6.43. The molecule has 140 valence electrons. The minimum absolute atomic E-state index is 0.150. The maximum absolute atomic E-state index is 14.7. The van der Waals surface area contributed by atoms with E-state index in [4.69, 9.17) is 15.2 Å². The van der Waals surface area contributed by atoms with Crippen LogP contribution in [0.2, 0.25) is 0 Å². The van der Waals surface area contributed by atoms with Crippen molar-refractivity contribution >= 4 is 12.0 Å². The quantitative estimate of drug-likeness (QED) is 0.751. The van der Waals surface area contributed by atoms with Crippen LogP contribution in [0.25, 0.3) is 0 Å². The van der Waals surface area contributed by atoms with Gasteiger partial charge in [0.2, 0.25) is 12.3 Å². The van der Waals surface area contributed by atoms with E-state index in [1.807, 2.05) is 0 Å². The van der Waals surface area contributed by atoms with Crippen molar-refractivity contribution in [3.8, 4) is 0 Å². The molecular weight excluding hydrogens is 344 g/mol. The summed E-state index contributed by atoms with van der Waals surface area (Å²) in [6, 6.07) is 1.14. The van der Waals surface area contributed by atoms with Crippen LogP contribution < -0.4 is 11.4 Å². The fourth-order valence-electron chi connectivity index (χ4n) is 2.24. The molecule has 2 rings (SSSR count). The summed E-state index contributed by atoms with van der Waals surface area (Å²) in [5, 5.41) is 9.28. The Morgan fingerprint density at radius 2 is 2.16 bits per heavy atom.